The summed E-state index contributed by atoms with van der Waals surface area (Å²) in [4.78, 5) is 11.3. The van der Waals surface area contributed by atoms with Gasteiger partial charge in [0.2, 0.25) is 11.2 Å². The first-order chi connectivity index (χ1) is 6.61. The van der Waals surface area contributed by atoms with E-state index in [2.05, 4.69) is 13.8 Å². The second-order valence-electron chi connectivity index (χ2n) is 3.70. The molecule has 78 valence electrons. The molecule has 0 saturated carbocycles. The maximum Gasteiger partial charge on any atom is 0.226 e. The molecule has 0 N–H and O–H groups in total. The lowest BCUT2D eigenvalue weighted by molar-refractivity contribution is 0.274. The van der Waals surface area contributed by atoms with Crippen LogP contribution in [-0.4, -0.2) is 6.61 Å². The number of rotatable bonds is 4. The Hall–Kier alpha value is -1.25. The van der Waals surface area contributed by atoms with Crippen LogP contribution in [0.25, 0.3) is 0 Å². The van der Waals surface area contributed by atoms with Crippen LogP contribution < -0.4 is 10.2 Å². The molecule has 3 nitrogen and oxygen atoms in total. The molecule has 0 bridgehead atoms. The van der Waals surface area contributed by atoms with Gasteiger partial charge in [0, 0.05) is 6.07 Å². The van der Waals surface area contributed by atoms with E-state index in [0.717, 1.165) is 6.42 Å². The molecule has 1 rings (SSSR count). The summed E-state index contributed by atoms with van der Waals surface area (Å²) in [6, 6.07) is 1.37. The Morgan fingerprint density at radius 1 is 1.50 bits per heavy atom. The van der Waals surface area contributed by atoms with E-state index in [9.17, 15) is 4.79 Å². The van der Waals surface area contributed by atoms with Crippen LogP contribution in [0.4, 0.5) is 0 Å². The van der Waals surface area contributed by atoms with Crippen LogP contribution in [0, 0.1) is 12.8 Å². The Bertz CT molecular complexity index is 339. The molecule has 1 heterocycles. The average Bonchev–Trinajstić information content (AvgIpc) is 2.09. The molecular weight excluding hydrogens is 180 g/mol. The first-order valence-corrected chi connectivity index (χ1v) is 4.82. The second-order valence-corrected chi connectivity index (χ2v) is 3.70. The minimum absolute atomic E-state index is 0.113. The largest absolute Gasteiger partial charge is 0.487 e. The molecule has 0 fully saturated rings. The molecule has 0 aliphatic heterocycles. The van der Waals surface area contributed by atoms with Crippen molar-refractivity contribution in [1.29, 1.82) is 0 Å². The van der Waals surface area contributed by atoms with E-state index in [0.29, 0.717) is 24.0 Å². The Kier molecular flexibility index (Phi) is 3.74. The first kappa shape index (κ1) is 10.8. The SMILES string of the molecule is Cc1occc(=O)c1OCCC(C)C. The lowest BCUT2D eigenvalue weighted by Crippen LogP contribution is -2.10. The predicted molar refractivity (Wildman–Crippen MR) is 54.7 cm³/mol. The van der Waals surface area contributed by atoms with Crippen molar-refractivity contribution in [3.05, 3.63) is 28.3 Å². The number of hydrogen-bond donors (Lipinski definition) is 0. The van der Waals surface area contributed by atoms with Crippen molar-refractivity contribution in [3.63, 3.8) is 0 Å². The van der Waals surface area contributed by atoms with Gasteiger partial charge in [-0.2, -0.15) is 0 Å². The average molecular weight is 196 g/mol. The minimum atomic E-state index is -0.113. The lowest BCUT2D eigenvalue weighted by atomic mass is 10.1. The van der Waals surface area contributed by atoms with Crippen molar-refractivity contribution in [2.75, 3.05) is 6.61 Å². The third-order valence-electron chi connectivity index (χ3n) is 1.95. The van der Waals surface area contributed by atoms with Crippen molar-refractivity contribution in [2.45, 2.75) is 27.2 Å². The van der Waals surface area contributed by atoms with E-state index in [4.69, 9.17) is 9.15 Å². The Morgan fingerprint density at radius 2 is 2.21 bits per heavy atom. The van der Waals surface area contributed by atoms with Gasteiger partial charge in [-0.1, -0.05) is 13.8 Å². The summed E-state index contributed by atoms with van der Waals surface area (Å²) in [5.74, 6) is 1.46. The van der Waals surface area contributed by atoms with E-state index in [-0.39, 0.29) is 5.43 Å². The van der Waals surface area contributed by atoms with Crippen LogP contribution in [0.5, 0.6) is 5.75 Å². The van der Waals surface area contributed by atoms with E-state index in [1.807, 2.05) is 0 Å². The van der Waals surface area contributed by atoms with E-state index in [1.54, 1.807) is 6.92 Å². The van der Waals surface area contributed by atoms with Crippen LogP contribution in [0.1, 0.15) is 26.0 Å². The van der Waals surface area contributed by atoms with Gasteiger partial charge in [0.15, 0.2) is 0 Å². The normalized spacial score (nSPS) is 10.6. The molecule has 3 heteroatoms. The molecule has 0 spiro atoms. The predicted octanol–water partition coefficient (Wildman–Crippen LogP) is 2.37. The van der Waals surface area contributed by atoms with Crippen molar-refractivity contribution >= 4 is 0 Å². The van der Waals surface area contributed by atoms with Gasteiger partial charge in [-0.3, -0.25) is 4.79 Å². The summed E-state index contributed by atoms with van der Waals surface area (Å²) in [6.07, 6.45) is 2.32. The third kappa shape index (κ3) is 2.91. The topological polar surface area (TPSA) is 39.4 Å². The zero-order valence-electron chi connectivity index (χ0n) is 8.87. The maximum absolute atomic E-state index is 11.3. The highest BCUT2D eigenvalue weighted by Crippen LogP contribution is 2.11. The quantitative estimate of drug-likeness (QED) is 0.742. The molecule has 0 aliphatic rings. The Labute approximate surface area is 83.7 Å². The molecule has 0 amide bonds. The highest BCUT2D eigenvalue weighted by atomic mass is 16.5. The number of hydrogen-bond acceptors (Lipinski definition) is 3. The van der Waals surface area contributed by atoms with Gasteiger partial charge in [-0.05, 0) is 19.3 Å². The van der Waals surface area contributed by atoms with Crippen molar-refractivity contribution in [3.8, 4) is 5.75 Å². The molecule has 0 saturated heterocycles. The van der Waals surface area contributed by atoms with E-state index < -0.39 is 0 Å². The Morgan fingerprint density at radius 3 is 2.79 bits per heavy atom. The molecular formula is C11H16O3. The summed E-state index contributed by atoms with van der Waals surface area (Å²) >= 11 is 0. The highest BCUT2D eigenvalue weighted by molar-refractivity contribution is 5.22. The van der Waals surface area contributed by atoms with Crippen LogP contribution in [0.3, 0.4) is 0 Å². The van der Waals surface area contributed by atoms with Crippen molar-refractivity contribution < 1.29 is 9.15 Å². The second kappa shape index (κ2) is 4.84. The van der Waals surface area contributed by atoms with Crippen LogP contribution in [0.15, 0.2) is 21.5 Å². The van der Waals surface area contributed by atoms with Gasteiger partial charge in [-0.25, -0.2) is 0 Å². The minimum Gasteiger partial charge on any atom is -0.487 e. The van der Waals surface area contributed by atoms with Crippen molar-refractivity contribution in [1.82, 2.24) is 0 Å². The third-order valence-corrected chi connectivity index (χ3v) is 1.95. The molecule has 14 heavy (non-hydrogen) atoms. The fourth-order valence-electron chi connectivity index (χ4n) is 1.07. The molecule has 0 unspecified atom stereocenters. The molecule has 0 atom stereocenters. The standard InChI is InChI=1S/C11H16O3/c1-8(2)4-6-14-11-9(3)13-7-5-10(11)12/h5,7-8H,4,6H2,1-3H3. The summed E-state index contributed by atoms with van der Waals surface area (Å²) in [5, 5.41) is 0. The fourth-order valence-corrected chi connectivity index (χ4v) is 1.07. The van der Waals surface area contributed by atoms with Crippen molar-refractivity contribution in [2.24, 2.45) is 5.92 Å². The Balaban J connectivity index is 2.63. The monoisotopic (exact) mass is 196 g/mol. The number of ether oxygens (including phenoxy) is 1. The highest BCUT2D eigenvalue weighted by Gasteiger charge is 2.06. The van der Waals surface area contributed by atoms with Crippen LogP contribution >= 0.6 is 0 Å². The van der Waals surface area contributed by atoms with E-state index >= 15 is 0 Å². The smallest absolute Gasteiger partial charge is 0.226 e. The fraction of sp³-hybridized carbons (Fsp3) is 0.545. The first-order valence-electron chi connectivity index (χ1n) is 4.82. The zero-order chi connectivity index (χ0) is 10.6. The van der Waals surface area contributed by atoms with Crippen LogP contribution in [-0.2, 0) is 0 Å². The summed E-state index contributed by atoms with van der Waals surface area (Å²) in [6.45, 7) is 6.52. The molecule has 1 aromatic rings. The van der Waals surface area contributed by atoms with Gasteiger partial charge in [0.1, 0.15) is 5.76 Å². The zero-order valence-corrected chi connectivity index (χ0v) is 8.87. The summed E-state index contributed by atoms with van der Waals surface area (Å²) in [5.41, 5.74) is -0.113. The number of aryl methyl sites for hydroxylation is 1. The maximum atomic E-state index is 11.3. The summed E-state index contributed by atoms with van der Waals surface area (Å²) < 4.78 is 10.4. The lowest BCUT2D eigenvalue weighted by Gasteiger charge is -2.08. The molecule has 0 aliphatic carbocycles. The van der Waals surface area contributed by atoms with Gasteiger partial charge >= 0.3 is 0 Å². The molecule has 1 aromatic heterocycles. The molecule has 0 radical (unpaired) electrons. The van der Waals surface area contributed by atoms with Gasteiger partial charge in [0.25, 0.3) is 0 Å². The van der Waals surface area contributed by atoms with Gasteiger partial charge in [0.05, 0.1) is 12.9 Å². The summed E-state index contributed by atoms with van der Waals surface area (Å²) in [7, 11) is 0. The van der Waals surface area contributed by atoms with Gasteiger partial charge in [-0.15, -0.1) is 0 Å². The van der Waals surface area contributed by atoms with E-state index in [1.165, 1.54) is 12.3 Å². The van der Waals surface area contributed by atoms with Crippen LogP contribution in [0.2, 0.25) is 0 Å². The van der Waals surface area contributed by atoms with Gasteiger partial charge < -0.3 is 9.15 Å². The molecule has 0 aromatic carbocycles.